The molecule has 0 spiro atoms. The average molecular weight is 266 g/mol. The Morgan fingerprint density at radius 2 is 2.17 bits per heavy atom. The highest BCUT2D eigenvalue weighted by atomic mass is 32.2. The number of benzene rings is 1. The Morgan fingerprint density at radius 1 is 1.33 bits per heavy atom. The van der Waals surface area contributed by atoms with E-state index in [1.807, 2.05) is 16.8 Å². The van der Waals surface area contributed by atoms with E-state index in [2.05, 4.69) is 4.98 Å². The number of halogens is 1. The molecule has 1 N–H and O–H groups in total. The molecule has 3 nitrogen and oxygen atoms in total. The largest absolute Gasteiger partial charge is 0.396 e. The number of thioether (sulfide) groups is 1. The van der Waals surface area contributed by atoms with Gasteiger partial charge in [-0.15, -0.1) is 0 Å². The third-order valence-corrected chi connectivity index (χ3v) is 3.56. The minimum atomic E-state index is -0.165. The molecule has 0 aliphatic heterocycles. The first-order valence-electron chi connectivity index (χ1n) is 5.79. The van der Waals surface area contributed by atoms with E-state index >= 15 is 0 Å². The Kier molecular flexibility index (Phi) is 4.78. The van der Waals surface area contributed by atoms with Crippen LogP contribution in [0.5, 0.6) is 0 Å². The Balaban J connectivity index is 1.98. The SMILES string of the molecule is OCCSc1nccn1CCc1ccccc1F. The van der Waals surface area contributed by atoms with Gasteiger partial charge in [-0.3, -0.25) is 0 Å². The molecular formula is C13H15FN2OS. The van der Waals surface area contributed by atoms with E-state index in [0.717, 1.165) is 5.16 Å². The van der Waals surface area contributed by atoms with Crippen molar-refractivity contribution in [3.8, 4) is 0 Å². The molecule has 18 heavy (non-hydrogen) atoms. The van der Waals surface area contributed by atoms with Gasteiger partial charge in [0.25, 0.3) is 0 Å². The molecule has 2 aromatic rings. The topological polar surface area (TPSA) is 38.1 Å². The first-order chi connectivity index (χ1) is 8.81. The Bertz CT molecular complexity index is 501. The summed E-state index contributed by atoms with van der Waals surface area (Å²) in [5.41, 5.74) is 0.712. The van der Waals surface area contributed by atoms with Crippen LogP contribution in [0, 0.1) is 5.82 Å². The molecule has 0 amide bonds. The zero-order valence-electron chi connectivity index (χ0n) is 9.92. The zero-order chi connectivity index (χ0) is 12.8. The normalized spacial score (nSPS) is 10.8. The van der Waals surface area contributed by atoms with Crippen molar-refractivity contribution in [1.82, 2.24) is 9.55 Å². The summed E-state index contributed by atoms with van der Waals surface area (Å²) >= 11 is 1.50. The minimum Gasteiger partial charge on any atom is -0.396 e. The van der Waals surface area contributed by atoms with Crippen molar-refractivity contribution in [3.63, 3.8) is 0 Å². The van der Waals surface area contributed by atoms with Crippen LogP contribution in [0.4, 0.5) is 4.39 Å². The van der Waals surface area contributed by atoms with Gasteiger partial charge in [-0.2, -0.15) is 0 Å². The number of aliphatic hydroxyl groups is 1. The summed E-state index contributed by atoms with van der Waals surface area (Å²) in [6.45, 7) is 0.819. The van der Waals surface area contributed by atoms with E-state index in [-0.39, 0.29) is 12.4 Å². The molecule has 0 atom stereocenters. The van der Waals surface area contributed by atoms with Crippen LogP contribution in [-0.2, 0) is 13.0 Å². The van der Waals surface area contributed by atoms with E-state index in [9.17, 15) is 4.39 Å². The summed E-state index contributed by atoms with van der Waals surface area (Å²) in [4.78, 5) is 4.21. The summed E-state index contributed by atoms with van der Waals surface area (Å²) in [7, 11) is 0. The smallest absolute Gasteiger partial charge is 0.168 e. The maximum Gasteiger partial charge on any atom is 0.168 e. The van der Waals surface area contributed by atoms with Crippen molar-refractivity contribution in [1.29, 1.82) is 0 Å². The van der Waals surface area contributed by atoms with Gasteiger partial charge >= 0.3 is 0 Å². The lowest BCUT2D eigenvalue weighted by Crippen LogP contribution is -2.04. The van der Waals surface area contributed by atoms with Crippen molar-refractivity contribution in [2.24, 2.45) is 0 Å². The number of nitrogens with zero attached hydrogens (tertiary/aromatic N) is 2. The third-order valence-electron chi connectivity index (χ3n) is 2.58. The van der Waals surface area contributed by atoms with Gasteiger partial charge in [-0.1, -0.05) is 30.0 Å². The van der Waals surface area contributed by atoms with E-state index in [1.165, 1.54) is 17.8 Å². The van der Waals surface area contributed by atoms with Crippen LogP contribution in [-0.4, -0.2) is 27.0 Å². The monoisotopic (exact) mass is 266 g/mol. The highest BCUT2D eigenvalue weighted by Gasteiger charge is 2.05. The molecule has 2 rings (SSSR count). The molecule has 0 radical (unpaired) electrons. The first kappa shape index (κ1) is 13.1. The standard InChI is InChI=1S/C13H15FN2OS/c14-12-4-2-1-3-11(12)5-7-16-8-6-15-13(16)18-10-9-17/h1-4,6,8,17H,5,7,9-10H2. The van der Waals surface area contributed by atoms with Gasteiger partial charge in [0, 0.05) is 24.7 Å². The van der Waals surface area contributed by atoms with E-state index < -0.39 is 0 Å². The number of hydrogen-bond acceptors (Lipinski definition) is 3. The molecule has 0 fully saturated rings. The molecule has 1 aromatic heterocycles. The summed E-state index contributed by atoms with van der Waals surface area (Å²) in [6.07, 6.45) is 4.23. The molecule has 0 saturated carbocycles. The molecule has 0 saturated heterocycles. The molecule has 0 aliphatic carbocycles. The van der Waals surface area contributed by atoms with Crippen molar-refractivity contribution in [3.05, 3.63) is 48.0 Å². The van der Waals surface area contributed by atoms with Crippen LogP contribution < -0.4 is 0 Å². The molecule has 1 aromatic carbocycles. The van der Waals surface area contributed by atoms with Crippen LogP contribution in [0.3, 0.4) is 0 Å². The minimum absolute atomic E-state index is 0.130. The molecule has 0 aliphatic rings. The van der Waals surface area contributed by atoms with Gasteiger partial charge in [0.15, 0.2) is 5.16 Å². The van der Waals surface area contributed by atoms with E-state index in [1.54, 1.807) is 18.3 Å². The Labute approximate surface area is 110 Å². The predicted molar refractivity (Wildman–Crippen MR) is 70.1 cm³/mol. The quantitative estimate of drug-likeness (QED) is 0.816. The highest BCUT2D eigenvalue weighted by Crippen LogP contribution is 2.16. The van der Waals surface area contributed by atoms with Crippen LogP contribution in [0.25, 0.3) is 0 Å². The maximum absolute atomic E-state index is 13.5. The van der Waals surface area contributed by atoms with Crippen molar-refractivity contribution in [2.45, 2.75) is 18.1 Å². The number of rotatable bonds is 6. The first-order valence-corrected chi connectivity index (χ1v) is 6.78. The predicted octanol–water partition coefficient (Wildman–Crippen LogP) is 2.35. The fraction of sp³-hybridized carbons (Fsp3) is 0.308. The highest BCUT2D eigenvalue weighted by molar-refractivity contribution is 7.99. The maximum atomic E-state index is 13.5. The number of aryl methyl sites for hydroxylation is 2. The van der Waals surface area contributed by atoms with E-state index in [4.69, 9.17) is 5.11 Å². The van der Waals surface area contributed by atoms with Crippen LogP contribution in [0.2, 0.25) is 0 Å². The molecule has 5 heteroatoms. The summed E-state index contributed by atoms with van der Waals surface area (Å²) in [6, 6.07) is 6.81. The second kappa shape index (κ2) is 6.56. The van der Waals surface area contributed by atoms with Gasteiger partial charge in [0.1, 0.15) is 5.82 Å². The molecule has 0 unspecified atom stereocenters. The van der Waals surface area contributed by atoms with Crippen LogP contribution in [0.15, 0.2) is 41.8 Å². The number of aliphatic hydroxyl groups excluding tert-OH is 1. The van der Waals surface area contributed by atoms with Crippen molar-refractivity contribution in [2.75, 3.05) is 12.4 Å². The van der Waals surface area contributed by atoms with Crippen molar-refractivity contribution >= 4 is 11.8 Å². The lowest BCUT2D eigenvalue weighted by atomic mass is 10.1. The van der Waals surface area contributed by atoms with Crippen LogP contribution in [0.1, 0.15) is 5.56 Å². The van der Waals surface area contributed by atoms with Gasteiger partial charge in [-0.25, -0.2) is 9.37 Å². The number of imidazole rings is 1. The average Bonchev–Trinajstić information content (AvgIpc) is 2.83. The van der Waals surface area contributed by atoms with Gasteiger partial charge < -0.3 is 9.67 Å². The van der Waals surface area contributed by atoms with Gasteiger partial charge in [0.05, 0.1) is 6.61 Å². The van der Waals surface area contributed by atoms with Gasteiger partial charge in [-0.05, 0) is 18.1 Å². The van der Waals surface area contributed by atoms with E-state index in [0.29, 0.717) is 24.3 Å². The molecule has 96 valence electrons. The third kappa shape index (κ3) is 3.34. The molecule has 0 bridgehead atoms. The lowest BCUT2D eigenvalue weighted by Gasteiger charge is -2.07. The Morgan fingerprint density at radius 3 is 2.94 bits per heavy atom. The zero-order valence-corrected chi connectivity index (χ0v) is 10.7. The number of aromatic nitrogens is 2. The fourth-order valence-electron chi connectivity index (χ4n) is 1.68. The fourth-order valence-corrected chi connectivity index (χ4v) is 2.41. The van der Waals surface area contributed by atoms with Crippen LogP contribution >= 0.6 is 11.8 Å². The van der Waals surface area contributed by atoms with Crippen molar-refractivity contribution < 1.29 is 9.50 Å². The molecular weight excluding hydrogens is 251 g/mol. The second-order valence-corrected chi connectivity index (χ2v) is 4.88. The van der Waals surface area contributed by atoms with Gasteiger partial charge in [0.2, 0.25) is 0 Å². The molecule has 1 heterocycles. The number of hydrogen-bond donors (Lipinski definition) is 1. The lowest BCUT2D eigenvalue weighted by molar-refractivity contribution is 0.322. The summed E-state index contributed by atoms with van der Waals surface area (Å²) in [5, 5.41) is 9.65. The Hall–Kier alpha value is -1.33. The summed E-state index contributed by atoms with van der Waals surface area (Å²) in [5.74, 6) is 0.457. The second-order valence-electron chi connectivity index (χ2n) is 3.82. The summed E-state index contributed by atoms with van der Waals surface area (Å²) < 4.78 is 15.4.